The lowest BCUT2D eigenvalue weighted by molar-refractivity contribution is 0.785. The second-order valence-corrected chi connectivity index (χ2v) is 9.93. The predicted octanol–water partition coefficient (Wildman–Crippen LogP) is 10.2. The van der Waals surface area contributed by atoms with Gasteiger partial charge in [-0.15, -0.1) is 0 Å². The highest BCUT2D eigenvalue weighted by Gasteiger charge is 2.19. The molecule has 1 aliphatic carbocycles. The van der Waals surface area contributed by atoms with Gasteiger partial charge < -0.3 is 9.80 Å². The molecule has 6 rings (SSSR count). The third kappa shape index (κ3) is 5.42. The molecule has 2 nitrogen and oxygen atoms in total. The van der Waals surface area contributed by atoms with E-state index in [-0.39, 0.29) is 0 Å². The molecule has 190 valence electrons. The van der Waals surface area contributed by atoms with E-state index in [1.165, 1.54) is 28.1 Å². The smallest absolute Gasteiger partial charge is 0.0559 e. The fraction of sp³-hybridized carbons (Fsp3) is 0.0811. The Kier molecular flexibility index (Phi) is 7.09. The van der Waals surface area contributed by atoms with Gasteiger partial charge in [-0.2, -0.15) is 0 Å². The van der Waals surface area contributed by atoms with Crippen LogP contribution in [0, 0.1) is 6.92 Å². The van der Waals surface area contributed by atoms with Crippen LogP contribution < -0.4 is 9.80 Å². The molecule has 5 aromatic carbocycles. The number of rotatable bonds is 7. The lowest BCUT2D eigenvalue weighted by Crippen LogP contribution is -2.29. The van der Waals surface area contributed by atoms with Crippen LogP contribution in [0.5, 0.6) is 0 Å². The number of para-hydroxylation sites is 2. The molecule has 0 spiro atoms. The Morgan fingerprint density at radius 3 is 1.64 bits per heavy atom. The van der Waals surface area contributed by atoms with E-state index >= 15 is 0 Å². The van der Waals surface area contributed by atoms with Crippen molar-refractivity contribution in [2.75, 3.05) is 9.80 Å². The normalized spacial score (nSPS) is 14.2. The minimum Gasteiger partial charge on any atom is -0.334 e. The van der Waals surface area contributed by atoms with E-state index in [0.717, 1.165) is 23.5 Å². The van der Waals surface area contributed by atoms with Gasteiger partial charge in [0.05, 0.1) is 6.04 Å². The van der Waals surface area contributed by atoms with E-state index in [0.29, 0.717) is 6.04 Å². The maximum absolute atomic E-state index is 2.42. The Bertz CT molecular complexity index is 1570. The molecular weight excluding hydrogens is 472 g/mol. The maximum Gasteiger partial charge on any atom is 0.0559 e. The van der Waals surface area contributed by atoms with E-state index in [1.54, 1.807) is 0 Å². The average Bonchev–Trinajstić information content (AvgIpc) is 3.00. The second kappa shape index (κ2) is 11.3. The molecule has 0 amide bonds. The van der Waals surface area contributed by atoms with Gasteiger partial charge in [0.15, 0.2) is 0 Å². The van der Waals surface area contributed by atoms with E-state index in [1.807, 2.05) is 0 Å². The highest BCUT2D eigenvalue weighted by atomic mass is 15.2. The van der Waals surface area contributed by atoms with Gasteiger partial charge in [-0.3, -0.25) is 0 Å². The third-order valence-electron chi connectivity index (χ3n) is 7.20. The van der Waals surface area contributed by atoms with Crippen LogP contribution in [0.25, 0.3) is 11.1 Å². The maximum atomic E-state index is 2.42. The summed E-state index contributed by atoms with van der Waals surface area (Å²) < 4.78 is 0. The number of hydrogen-bond donors (Lipinski definition) is 0. The zero-order valence-electron chi connectivity index (χ0n) is 22.2. The molecule has 0 heterocycles. The van der Waals surface area contributed by atoms with Crippen molar-refractivity contribution >= 4 is 28.4 Å². The number of nitrogens with zero attached hydrogens (tertiary/aromatic N) is 2. The van der Waals surface area contributed by atoms with Crippen molar-refractivity contribution in [1.82, 2.24) is 0 Å². The summed E-state index contributed by atoms with van der Waals surface area (Å²) in [4.78, 5) is 4.73. The zero-order chi connectivity index (χ0) is 26.4. The highest BCUT2D eigenvalue weighted by molar-refractivity contribution is 5.79. The van der Waals surface area contributed by atoms with Gasteiger partial charge in [0.25, 0.3) is 0 Å². The molecule has 1 aliphatic rings. The minimum atomic E-state index is 0.299. The van der Waals surface area contributed by atoms with Crippen molar-refractivity contribution in [2.24, 2.45) is 0 Å². The van der Waals surface area contributed by atoms with Crippen molar-refractivity contribution < 1.29 is 0 Å². The Balaban J connectivity index is 1.30. The second-order valence-electron chi connectivity index (χ2n) is 9.93. The Morgan fingerprint density at radius 1 is 0.513 bits per heavy atom. The molecule has 0 bridgehead atoms. The van der Waals surface area contributed by atoms with Crippen LogP contribution in [0.1, 0.15) is 12.0 Å². The Hall–Kier alpha value is -4.82. The third-order valence-corrected chi connectivity index (χ3v) is 7.20. The van der Waals surface area contributed by atoms with E-state index in [2.05, 4.69) is 174 Å². The molecule has 0 radical (unpaired) electrons. The van der Waals surface area contributed by atoms with Crippen LogP contribution in [0.3, 0.4) is 0 Å². The first-order chi connectivity index (χ1) is 19.3. The van der Waals surface area contributed by atoms with Crippen LogP contribution in [0.15, 0.2) is 158 Å². The van der Waals surface area contributed by atoms with E-state index in [4.69, 9.17) is 0 Å². The summed E-state index contributed by atoms with van der Waals surface area (Å²) in [7, 11) is 0. The van der Waals surface area contributed by atoms with E-state index < -0.39 is 0 Å². The first-order valence-electron chi connectivity index (χ1n) is 13.6. The zero-order valence-corrected chi connectivity index (χ0v) is 22.2. The standard InChI is InChI=1S/C37H32N2/c1-29-12-11-19-37(28-29)39(34-17-9-4-10-18-34)36-26-22-31(23-27-36)30-20-24-35(25-21-30)38(32-13-5-2-6-14-32)33-15-7-3-8-16-33/h2-15,17-28,33H,16H2,1H3. The summed E-state index contributed by atoms with van der Waals surface area (Å²) in [5.41, 5.74) is 9.50. The molecule has 1 unspecified atom stereocenters. The highest BCUT2D eigenvalue weighted by Crippen LogP contribution is 2.37. The molecule has 39 heavy (non-hydrogen) atoms. The summed E-state index contributed by atoms with van der Waals surface area (Å²) in [6, 6.07) is 48.0. The lowest BCUT2D eigenvalue weighted by atomic mass is 10.0. The summed E-state index contributed by atoms with van der Waals surface area (Å²) in [6.45, 7) is 2.14. The predicted molar refractivity (Wildman–Crippen MR) is 167 cm³/mol. The Labute approximate surface area is 231 Å². The van der Waals surface area contributed by atoms with Crippen molar-refractivity contribution in [1.29, 1.82) is 0 Å². The van der Waals surface area contributed by atoms with Crippen LogP contribution in [0.2, 0.25) is 0 Å². The molecular formula is C37H32N2. The summed E-state index contributed by atoms with van der Waals surface area (Å²) in [5.74, 6) is 0. The monoisotopic (exact) mass is 504 g/mol. The largest absolute Gasteiger partial charge is 0.334 e. The van der Waals surface area contributed by atoms with Crippen molar-refractivity contribution in [3.05, 3.63) is 163 Å². The molecule has 0 N–H and O–H groups in total. The van der Waals surface area contributed by atoms with Gasteiger partial charge >= 0.3 is 0 Å². The molecule has 0 fully saturated rings. The van der Waals surface area contributed by atoms with Gasteiger partial charge in [0.2, 0.25) is 0 Å². The van der Waals surface area contributed by atoms with Crippen molar-refractivity contribution in [2.45, 2.75) is 19.4 Å². The van der Waals surface area contributed by atoms with Gasteiger partial charge in [-0.25, -0.2) is 0 Å². The van der Waals surface area contributed by atoms with Crippen molar-refractivity contribution in [3.8, 4) is 11.1 Å². The summed E-state index contributed by atoms with van der Waals surface area (Å²) >= 11 is 0. The van der Waals surface area contributed by atoms with Gasteiger partial charge in [-0.05, 0) is 90.7 Å². The van der Waals surface area contributed by atoms with Crippen molar-refractivity contribution in [3.63, 3.8) is 0 Å². The fourth-order valence-corrected chi connectivity index (χ4v) is 5.29. The Morgan fingerprint density at radius 2 is 1.05 bits per heavy atom. The number of aryl methyl sites for hydroxylation is 1. The molecule has 0 aromatic heterocycles. The van der Waals surface area contributed by atoms with Crippen LogP contribution in [0.4, 0.5) is 28.4 Å². The molecule has 0 saturated carbocycles. The quantitative estimate of drug-likeness (QED) is 0.217. The number of hydrogen-bond acceptors (Lipinski definition) is 2. The number of anilines is 5. The van der Waals surface area contributed by atoms with Crippen LogP contribution in [-0.4, -0.2) is 6.04 Å². The van der Waals surface area contributed by atoms with Gasteiger partial charge in [-0.1, -0.05) is 97.1 Å². The van der Waals surface area contributed by atoms with Crippen LogP contribution in [-0.2, 0) is 0 Å². The topological polar surface area (TPSA) is 6.48 Å². The first-order valence-corrected chi connectivity index (χ1v) is 13.6. The van der Waals surface area contributed by atoms with Gasteiger partial charge in [0, 0.05) is 28.4 Å². The number of benzene rings is 5. The minimum absolute atomic E-state index is 0.299. The number of allylic oxidation sites excluding steroid dienone is 2. The molecule has 2 heteroatoms. The fourth-order valence-electron chi connectivity index (χ4n) is 5.29. The van der Waals surface area contributed by atoms with E-state index in [9.17, 15) is 0 Å². The summed E-state index contributed by atoms with van der Waals surface area (Å²) in [6.07, 6.45) is 9.80. The molecule has 0 saturated heterocycles. The molecule has 5 aromatic rings. The first kappa shape index (κ1) is 24.5. The van der Waals surface area contributed by atoms with Crippen LogP contribution >= 0.6 is 0 Å². The SMILES string of the molecule is Cc1cccc(N(c2ccccc2)c2ccc(-c3ccc(N(c4ccccc4)C4C=CC=CC4)cc3)cc2)c1. The summed E-state index contributed by atoms with van der Waals surface area (Å²) in [5, 5.41) is 0. The average molecular weight is 505 g/mol. The van der Waals surface area contributed by atoms with Gasteiger partial charge in [0.1, 0.15) is 0 Å². The molecule has 1 atom stereocenters. The molecule has 0 aliphatic heterocycles. The lowest BCUT2D eigenvalue weighted by Gasteiger charge is -2.32.